The van der Waals surface area contributed by atoms with Crippen molar-refractivity contribution in [1.29, 1.82) is 0 Å². The lowest BCUT2D eigenvalue weighted by molar-refractivity contribution is 1.25. The number of hydrogen-bond acceptors (Lipinski definition) is 2. The van der Waals surface area contributed by atoms with Crippen LogP contribution < -0.4 is 0 Å². The molecule has 0 aliphatic rings. The van der Waals surface area contributed by atoms with Gasteiger partial charge in [0.1, 0.15) is 0 Å². The summed E-state index contributed by atoms with van der Waals surface area (Å²) in [5, 5.41) is 0. The van der Waals surface area contributed by atoms with Crippen LogP contribution >= 0.6 is 0 Å². The first-order valence-corrected chi connectivity index (χ1v) is 8.35. The van der Waals surface area contributed by atoms with Gasteiger partial charge in [0, 0.05) is 11.8 Å². The molecular weight excluding hydrogens is 304 g/mol. The highest BCUT2D eigenvalue weighted by atomic mass is 14.8. The summed E-state index contributed by atoms with van der Waals surface area (Å²) in [4.78, 5) is 9.32. The van der Waals surface area contributed by atoms with Crippen molar-refractivity contribution < 1.29 is 0 Å². The predicted molar refractivity (Wildman–Crippen MR) is 103 cm³/mol. The fourth-order valence-corrected chi connectivity index (χ4v) is 2.85. The Morgan fingerprint density at radius 2 is 1.28 bits per heavy atom. The number of aromatic nitrogens is 2. The molecule has 2 nitrogen and oxygen atoms in total. The Labute approximate surface area is 147 Å². The van der Waals surface area contributed by atoms with E-state index in [1.54, 1.807) is 6.20 Å². The van der Waals surface area contributed by atoms with Gasteiger partial charge < -0.3 is 0 Å². The smallest absolute Gasteiger partial charge is 0.0899 e. The van der Waals surface area contributed by atoms with E-state index in [1.165, 1.54) is 11.1 Å². The lowest BCUT2D eigenvalue weighted by atomic mass is 10.0. The van der Waals surface area contributed by atoms with Crippen LogP contribution in [0.1, 0.15) is 5.56 Å². The fourth-order valence-electron chi connectivity index (χ4n) is 2.85. The minimum Gasteiger partial charge on any atom is -0.255 e. The van der Waals surface area contributed by atoms with Gasteiger partial charge in [-0.3, -0.25) is 4.98 Å². The lowest BCUT2D eigenvalue weighted by Gasteiger charge is -2.10. The Balaban J connectivity index is 1.90. The van der Waals surface area contributed by atoms with Gasteiger partial charge in [-0.15, -0.1) is 0 Å². The highest BCUT2D eigenvalue weighted by Crippen LogP contribution is 2.29. The van der Waals surface area contributed by atoms with E-state index in [1.807, 2.05) is 36.4 Å². The second-order valence-corrected chi connectivity index (χ2v) is 6.07. The summed E-state index contributed by atoms with van der Waals surface area (Å²) in [6.07, 6.45) is 1.80. The summed E-state index contributed by atoms with van der Waals surface area (Å²) in [7, 11) is 0. The Morgan fingerprint density at radius 1 is 0.560 bits per heavy atom. The molecule has 0 spiro atoms. The van der Waals surface area contributed by atoms with Crippen LogP contribution in [0.25, 0.3) is 33.8 Å². The van der Waals surface area contributed by atoms with E-state index in [9.17, 15) is 0 Å². The number of hydrogen-bond donors (Lipinski definition) is 0. The van der Waals surface area contributed by atoms with Gasteiger partial charge in [-0.2, -0.15) is 0 Å². The third kappa shape index (κ3) is 3.33. The van der Waals surface area contributed by atoms with E-state index in [2.05, 4.69) is 60.4 Å². The van der Waals surface area contributed by atoms with Gasteiger partial charge >= 0.3 is 0 Å². The summed E-state index contributed by atoms with van der Waals surface area (Å²) in [6.45, 7) is 2.10. The first kappa shape index (κ1) is 15.3. The summed E-state index contributed by atoms with van der Waals surface area (Å²) in [5.41, 5.74) is 7.42. The van der Waals surface area contributed by atoms with E-state index in [4.69, 9.17) is 4.98 Å². The van der Waals surface area contributed by atoms with Gasteiger partial charge in [0.15, 0.2) is 0 Å². The quantitative estimate of drug-likeness (QED) is 0.477. The topological polar surface area (TPSA) is 25.8 Å². The molecule has 2 aromatic carbocycles. The summed E-state index contributed by atoms with van der Waals surface area (Å²) in [5.74, 6) is 0. The van der Waals surface area contributed by atoms with E-state index in [0.29, 0.717) is 0 Å². The molecule has 0 amide bonds. The van der Waals surface area contributed by atoms with E-state index in [0.717, 1.165) is 28.2 Å². The minimum absolute atomic E-state index is 0.883. The molecule has 0 atom stereocenters. The van der Waals surface area contributed by atoms with Gasteiger partial charge in [0.05, 0.1) is 17.1 Å². The zero-order valence-corrected chi connectivity index (χ0v) is 14.1. The number of nitrogens with zero attached hydrogens (tertiary/aromatic N) is 2. The monoisotopic (exact) mass is 322 g/mol. The van der Waals surface area contributed by atoms with Crippen LogP contribution in [0.2, 0.25) is 0 Å². The van der Waals surface area contributed by atoms with Crippen molar-refractivity contribution in [3.63, 3.8) is 0 Å². The van der Waals surface area contributed by atoms with Crippen LogP contribution in [0.4, 0.5) is 0 Å². The van der Waals surface area contributed by atoms with Gasteiger partial charge in [0.25, 0.3) is 0 Å². The van der Waals surface area contributed by atoms with Gasteiger partial charge in [-0.1, -0.05) is 66.2 Å². The summed E-state index contributed by atoms with van der Waals surface area (Å²) in [6, 6.07) is 29.0. The van der Waals surface area contributed by atoms with Gasteiger partial charge in [-0.25, -0.2) is 4.98 Å². The van der Waals surface area contributed by atoms with Crippen molar-refractivity contribution in [3.8, 4) is 33.8 Å². The highest BCUT2D eigenvalue weighted by Gasteiger charge is 2.09. The van der Waals surface area contributed by atoms with E-state index in [-0.39, 0.29) is 0 Å². The van der Waals surface area contributed by atoms with Crippen molar-refractivity contribution in [1.82, 2.24) is 9.97 Å². The molecule has 25 heavy (non-hydrogen) atoms. The van der Waals surface area contributed by atoms with Crippen LogP contribution in [0.5, 0.6) is 0 Å². The SMILES string of the molecule is Cc1ccc(-c2cc(-c3ccccc3)nc(-c3ccccn3)c2)cc1. The molecule has 0 fully saturated rings. The number of aryl methyl sites for hydroxylation is 1. The molecule has 0 bridgehead atoms. The summed E-state index contributed by atoms with van der Waals surface area (Å²) < 4.78 is 0. The first-order valence-electron chi connectivity index (χ1n) is 8.35. The molecule has 2 heteroatoms. The second kappa shape index (κ2) is 6.70. The second-order valence-electron chi connectivity index (χ2n) is 6.07. The van der Waals surface area contributed by atoms with Crippen LogP contribution in [0, 0.1) is 6.92 Å². The molecule has 120 valence electrons. The molecule has 0 N–H and O–H groups in total. The molecular formula is C23H18N2. The zero-order chi connectivity index (χ0) is 17.1. The Bertz CT molecular complexity index is 918. The van der Waals surface area contributed by atoms with Crippen LogP contribution in [-0.4, -0.2) is 9.97 Å². The maximum Gasteiger partial charge on any atom is 0.0899 e. The third-order valence-corrected chi connectivity index (χ3v) is 4.21. The Hall–Kier alpha value is -3.26. The molecule has 0 aliphatic carbocycles. The Morgan fingerprint density at radius 3 is 2.00 bits per heavy atom. The van der Waals surface area contributed by atoms with E-state index >= 15 is 0 Å². The highest BCUT2D eigenvalue weighted by molar-refractivity contribution is 5.75. The van der Waals surface area contributed by atoms with Gasteiger partial charge in [-0.05, 0) is 42.3 Å². The molecule has 0 unspecified atom stereocenters. The maximum absolute atomic E-state index is 4.85. The van der Waals surface area contributed by atoms with Crippen molar-refractivity contribution in [2.75, 3.05) is 0 Å². The third-order valence-electron chi connectivity index (χ3n) is 4.21. The Kier molecular flexibility index (Phi) is 4.09. The first-order chi connectivity index (χ1) is 12.3. The average molecular weight is 322 g/mol. The van der Waals surface area contributed by atoms with Gasteiger partial charge in [0.2, 0.25) is 0 Å². The standard InChI is InChI=1S/C23H18N2/c1-17-10-12-18(13-11-17)20-15-22(19-7-3-2-4-8-19)25-23(16-20)21-9-5-6-14-24-21/h2-16H,1H3. The normalized spacial score (nSPS) is 10.6. The molecule has 4 aromatic rings. The van der Waals surface area contributed by atoms with Crippen molar-refractivity contribution in [2.24, 2.45) is 0 Å². The van der Waals surface area contributed by atoms with Crippen LogP contribution in [0.15, 0.2) is 91.1 Å². The molecule has 2 heterocycles. The van der Waals surface area contributed by atoms with Crippen LogP contribution in [-0.2, 0) is 0 Å². The number of benzene rings is 2. The molecule has 0 aliphatic heterocycles. The van der Waals surface area contributed by atoms with Crippen LogP contribution in [0.3, 0.4) is 0 Å². The van der Waals surface area contributed by atoms with E-state index < -0.39 is 0 Å². The molecule has 0 saturated heterocycles. The van der Waals surface area contributed by atoms with Crippen molar-refractivity contribution in [2.45, 2.75) is 6.92 Å². The molecule has 0 radical (unpaired) electrons. The van der Waals surface area contributed by atoms with Crippen molar-refractivity contribution >= 4 is 0 Å². The average Bonchev–Trinajstić information content (AvgIpc) is 2.69. The van der Waals surface area contributed by atoms with Crippen molar-refractivity contribution in [3.05, 3.63) is 96.7 Å². The lowest BCUT2D eigenvalue weighted by Crippen LogP contribution is -1.92. The predicted octanol–water partition coefficient (Wildman–Crippen LogP) is 5.79. The molecule has 0 saturated carbocycles. The largest absolute Gasteiger partial charge is 0.255 e. The zero-order valence-electron chi connectivity index (χ0n) is 14.1. The summed E-state index contributed by atoms with van der Waals surface area (Å²) >= 11 is 0. The fraction of sp³-hybridized carbons (Fsp3) is 0.0435. The minimum atomic E-state index is 0.883. The molecule has 2 aromatic heterocycles. The number of pyridine rings is 2. The number of rotatable bonds is 3. The maximum atomic E-state index is 4.85. The molecule has 4 rings (SSSR count).